The first kappa shape index (κ1) is 8.05. The first-order chi connectivity index (χ1) is 6.75. The molecule has 1 aliphatic rings. The Balaban J connectivity index is 2.41. The quantitative estimate of drug-likeness (QED) is 0.740. The molecule has 0 radical (unpaired) electrons. The van der Waals surface area contributed by atoms with E-state index in [0.717, 1.165) is 26.6 Å². The number of hydrogen-bond acceptors (Lipinski definition) is 1. The fourth-order valence-corrected chi connectivity index (χ4v) is 2.24. The summed E-state index contributed by atoms with van der Waals surface area (Å²) in [5, 5.41) is 3.79. The SMILES string of the molecule is O=C1NCc2[nH]c3cc(Br)ccc3c21. The summed E-state index contributed by atoms with van der Waals surface area (Å²) in [6, 6.07) is 5.89. The van der Waals surface area contributed by atoms with E-state index in [1.165, 1.54) is 0 Å². The number of nitrogens with one attached hydrogen (secondary N) is 2. The predicted molar refractivity (Wildman–Crippen MR) is 57.2 cm³/mol. The van der Waals surface area contributed by atoms with E-state index in [2.05, 4.69) is 26.2 Å². The van der Waals surface area contributed by atoms with Gasteiger partial charge in [0.05, 0.1) is 12.1 Å². The standard InChI is InChI=1S/C10H7BrN2O/c11-5-1-2-6-7(3-5)13-8-4-12-10(14)9(6)8/h1-3,13H,4H2,(H,12,14). The highest BCUT2D eigenvalue weighted by Crippen LogP contribution is 2.27. The number of carbonyl (C=O) groups excluding carboxylic acids is 1. The lowest BCUT2D eigenvalue weighted by Crippen LogP contribution is -2.13. The molecule has 0 bridgehead atoms. The average molecular weight is 251 g/mol. The Hall–Kier alpha value is -1.29. The van der Waals surface area contributed by atoms with Gasteiger partial charge in [0.2, 0.25) is 0 Å². The van der Waals surface area contributed by atoms with Crippen LogP contribution in [-0.4, -0.2) is 10.9 Å². The molecule has 1 aromatic carbocycles. The van der Waals surface area contributed by atoms with E-state index >= 15 is 0 Å². The lowest BCUT2D eigenvalue weighted by Gasteiger charge is -1.95. The number of halogens is 1. The predicted octanol–water partition coefficient (Wildman–Crippen LogP) is 2.17. The minimum Gasteiger partial charge on any atom is -0.356 e. The molecule has 3 nitrogen and oxygen atoms in total. The molecule has 3 rings (SSSR count). The number of fused-ring (bicyclic) bond motifs is 3. The molecule has 0 unspecified atom stereocenters. The molecule has 70 valence electrons. The second-order valence-electron chi connectivity index (χ2n) is 3.35. The normalized spacial score (nSPS) is 14.5. The highest BCUT2D eigenvalue weighted by atomic mass is 79.9. The van der Waals surface area contributed by atoms with Gasteiger partial charge >= 0.3 is 0 Å². The lowest BCUT2D eigenvalue weighted by atomic mass is 10.1. The van der Waals surface area contributed by atoms with Crippen molar-refractivity contribution in [3.63, 3.8) is 0 Å². The van der Waals surface area contributed by atoms with Gasteiger partial charge in [-0.1, -0.05) is 22.0 Å². The van der Waals surface area contributed by atoms with E-state index in [9.17, 15) is 4.79 Å². The molecule has 4 heteroatoms. The zero-order valence-electron chi connectivity index (χ0n) is 7.23. The maximum Gasteiger partial charge on any atom is 0.254 e. The summed E-state index contributed by atoms with van der Waals surface area (Å²) < 4.78 is 1.02. The minimum atomic E-state index is 0.0218. The van der Waals surface area contributed by atoms with E-state index in [0.29, 0.717) is 6.54 Å². The zero-order chi connectivity index (χ0) is 9.71. The molecule has 0 spiro atoms. The third-order valence-corrected chi connectivity index (χ3v) is 2.98. The molecule has 0 saturated carbocycles. The van der Waals surface area contributed by atoms with Crippen molar-refractivity contribution < 1.29 is 4.79 Å². The fraction of sp³-hybridized carbons (Fsp3) is 0.100. The number of aromatic nitrogens is 1. The smallest absolute Gasteiger partial charge is 0.254 e. The summed E-state index contributed by atoms with van der Waals surface area (Å²) >= 11 is 3.40. The van der Waals surface area contributed by atoms with Gasteiger partial charge in [0, 0.05) is 21.1 Å². The third kappa shape index (κ3) is 0.944. The van der Waals surface area contributed by atoms with E-state index < -0.39 is 0 Å². The Morgan fingerprint density at radius 3 is 3.07 bits per heavy atom. The van der Waals surface area contributed by atoms with Crippen molar-refractivity contribution in [2.75, 3.05) is 0 Å². The topological polar surface area (TPSA) is 44.9 Å². The molecule has 2 heterocycles. The number of benzene rings is 1. The van der Waals surface area contributed by atoms with Crippen molar-refractivity contribution in [1.29, 1.82) is 0 Å². The molecule has 1 aliphatic heterocycles. The molecule has 2 N–H and O–H groups in total. The van der Waals surface area contributed by atoms with Crippen LogP contribution in [0.1, 0.15) is 16.1 Å². The number of hydrogen-bond donors (Lipinski definition) is 2. The molecule has 1 aromatic heterocycles. The number of carbonyl (C=O) groups is 1. The summed E-state index contributed by atoms with van der Waals surface area (Å²) in [5.41, 5.74) is 2.80. The molecular weight excluding hydrogens is 244 g/mol. The monoisotopic (exact) mass is 250 g/mol. The van der Waals surface area contributed by atoms with Crippen LogP contribution in [0.25, 0.3) is 10.9 Å². The molecule has 2 aromatic rings. The fourth-order valence-electron chi connectivity index (χ4n) is 1.87. The summed E-state index contributed by atoms with van der Waals surface area (Å²) in [6.07, 6.45) is 0. The molecular formula is C10H7BrN2O. The average Bonchev–Trinajstić information content (AvgIpc) is 2.66. The Kier molecular flexibility index (Phi) is 1.50. The van der Waals surface area contributed by atoms with Gasteiger partial charge in [0.25, 0.3) is 5.91 Å². The second-order valence-corrected chi connectivity index (χ2v) is 4.27. The largest absolute Gasteiger partial charge is 0.356 e. The molecule has 0 atom stereocenters. The lowest BCUT2D eigenvalue weighted by molar-refractivity contribution is 0.0967. The van der Waals surface area contributed by atoms with Gasteiger partial charge in [-0.05, 0) is 12.1 Å². The van der Waals surface area contributed by atoms with Crippen LogP contribution in [0.5, 0.6) is 0 Å². The summed E-state index contributed by atoms with van der Waals surface area (Å²) in [7, 11) is 0. The Labute approximate surface area is 88.6 Å². The highest BCUT2D eigenvalue weighted by molar-refractivity contribution is 9.10. The van der Waals surface area contributed by atoms with Crippen molar-refractivity contribution in [2.45, 2.75) is 6.54 Å². The molecule has 0 saturated heterocycles. The second kappa shape index (κ2) is 2.60. The first-order valence-corrected chi connectivity index (χ1v) is 5.13. The molecule has 0 aliphatic carbocycles. The number of amides is 1. The summed E-state index contributed by atoms with van der Waals surface area (Å²) in [6.45, 7) is 0.612. The van der Waals surface area contributed by atoms with Gasteiger partial charge in [-0.3, -0.25) is 4.79 Å². The van der Waals surface area contributed by atoms with E-state index in [-0.39, 0.29) is 5.91 Å². The van der Waals surface area contributed by atoms with E-state index in [4.69, 9.17) is 0 Å². The van der Waals surface area contributed by atoms with Gasteiger partial charge in [0.15, 0.2) is 0 Å². The van der Waals surface area contributed by atoms with Gasteiger partial charge in [-0.25, -0.2) is 0 Å². The van der Waals surface area contributed by atoms with Crippen LogP contribution in [0, 0.1) is 0 Å². The van der Waals surface area contributed by atoms with Crippen molar-refractivity contribution in [3.05, 3.63) is 33.9 Å². The summed E-state index contributed by atoms with van der Waals surface area (Å²) in [4.78, 5) is 14.7. The van der Waals surface area contributed by atoms with Gasteiger partial charge in [-0.2, -0.15) is 0 Å². The Morgan fingerprint density at radius 1 is 1.36 bits per heavy atom. The zero-order valence-corrected chi connectivity index (χ0v) is 8.81. The van der Waals surface area contributed by atoms with Crippen LogP contribution < -0.4 is 5.32 Å². The number of H-pyrrole nitrogens is 1. The van der Waals surface area contributed by atoms with Crippen molar-refractivity contribution in [2.24, 2.45) is 0 Å². The van der Waals surface area contributed by atoms with Crippen LogP contribution in [0.2, 0.25) is 0 Å². The van der Waals surface area contributed by atoms with Crippen molar-refractivity contribution in [3.8, 4) is 0 Å². The number of rotatable bonds is 0. The van der Waals surface area contributed by atoms with Crippen LogP contribution in [-0.2, 0) is 6.54 Å². The summed E-state index contributed by atoms with van der Waals surface area (Å²) in [5.74, 6) is 0.0218. The molecule has 14 heavy (non-hydrogen) atoms. The maximum absolute atomic E-state index is 11.5. The Morgan fingerprint density at radius 2 is 2.21 bits per heavy atom. The maximum atomic E-state index is 11.5. The first-order valence-electron chi connectivity index (χ1n) is 4.34. The number of aromatic amines is 1. The van der Waals surface area contributed by atoms with Crippen LogP contribution >= 0.6 is 15.9 Å². The van der Waals surface area contributed by atoms with Gasteiger partial charge in [0.1, 0.15) is 0 Å². The highest BCUT2D eigenvalue weighted by Gasteiger charge is 2.23. The van der Waals surface area contributed by atoms with E-state index in [1.807, 2.05) is 18.2 Å². The van der Waals surface area contributed by atoms with Crippen LogP contribution in [0.4, 0.5) is 0 Å². The van der Waals surface area contributed by atoms with Crippen LogP contribution in [0.15, 0.2) is 22.7 Å². The molecule has 0 fully saturated rings. The van der Waals surface area contributed by atoms with E-state index in [1.54, 1.807) is 0 Å². The van der Waals surface area contributed by atoms with Gasteiger partial charge in [-0.15, -0.1) is 0 Å². The Bertz CT molecular complexity index is 544. The minimum absolute atomic E-state index is 0.0218. The molecule has 1 amide bonds. The van der Waals surface area contributed by atoms with Crippen molar-refractivity contribution >= 4 is 32.7 Å². The third-order valence-electron chi connectivity index (χ3n) is 2.49. The van der Waals surface area contributed by atoms with Gasteiger partial charge < -0.3 is 10.3 Å². The van der Waals surface area contributed by atoms with Crippen molar-refractivity contribution in [1.82, 2.24) is 10.3 Å². The van der Waals surface area contributed by atoms with Crippen LogP contribution in [0.3, 0.4) is 0 Å².